The van der Waals surface area contributed by atoms with Crippen molar-refractivity contribution >= 4 is 6.21 Å². The number of aliphatic hydroxyl groups is 1. The number of nitrogens with zero attached hydrogens (tertiary/aromatic N) is 2. The molecular weight excluding hydrogens is 248 g/mol. The molecule has 116 valence electrons. The molecule has 1 N–H and O–H groups in total. The van der Waals surface area contributed by atoms with Crippen LogP contribution < -0.4 is 0 Å². The molecule has 0 aromatic carbocycles. The Morgan fingerprint density at radius 3 is 2.60 bits per heavy atom. The van der Waals surface area contributed by atoms with E-state index in [2.05, 4.69) is 29.0 Å². The van der Waals surface area contributed by atoms with E-state index in [1.54, 1.807) is 0 Å². The minimum absolute atomic E-state index is 0.217. The van der Waals surface area contributed by atoms with E-state index < -0.39 is 0 Å². The molecule has 0 aromatic rings. The summed E-state index contributed by atoms with van der Waals surface area (Å²) in [7, 11) is 0. The highest BCUT2D eigenvalue weighted by molar-refractivity contribution is 5.62. The van der Waals surface area contributed by atoms with E-state index in [0.717, 1.165) is 19.4 Å². The summed E-state index contributed by atoms with van der Waals surface area (Å²) in [6.07, 6.45) is 17.7. The maximum absolute atomic E-state index is 9.62. The molecule has 0 amide bonds. The summed E-state index contributed by atoms with van der Waals surface area (Å²) in [4.78, 5) is 6.50. The molecule has 1 aliphatic rings. The quantitative estimate of drug-likeness (QED) is 0.456. The average Bonchev–Trinajstić information content (AvgIpc) is 2.89. The van der Waals surface area contributed by atoms with Gasteiger partial charge in [-0.15, -0.1) is 0 Å². The molecule has 0 saturated carbocycles. The fourth-order valence-electron chi connectivity index (χ4n) is 2.69. The smallest absolute Gasteiger partial charge is 0.106 e. The van der Waals surface area contributed by atoms with Gasteiger partial charge in [0.05, 0.1) is 0 Å². The lowest BCUT2D eigenvalue weighted by atomic mass is 10.1. The van der Waals surface area contributed by atoms with E-state index in [4.69, 9.17) is 0 Å². The van der Waals surface area contributed by atoms with Gasteiger partial charge in [0.15, 0.2) is 0 Å². The average molecular weight is 280 g/mol. The Kier molecular flexibility index (Phi) is 9.60. The van der Waals surface area contributed by atoms with Crippen molar-refractivity contribution in [2.24, 2.45) is 4.99 Å². The van der Waals surface area contributed by atoms with Gasteiger partial charge in [0.25, 0.3) is 0 Å². The Balaban J connectivity index is 1.92. The molecule has 20 heavy (non-hydrogen) atoms. The van der Waals surface area contributed by atoms with Crippen LogP contribution in [0, 0.1) is 0 Å². The fourth-order valence-corrected chi connectivity index (χ4v) is 2.69. The number of hydrogen-bond acceptors (Lipinski definition) is 3. The lowest BCUT2D eigenvalue weighted by molar-refractivity contribution is 0.00710. The van der Waals surface area contributed by atoms with Crippen LogP contribution in [0.15, 0.2) is 17.1 Å². The van der Waals surface area contributed by atoms with Gasteiger partial charge in [-0.1, -0.05) is 44.8 Å². The second-order valence-electron chi connectivity index (χ2n) is 5.72. The molecule has 0 bridgehead atoms. The molecule has 0 spiro atoms. The Labute approximate surface area is 124 Å². The number of rotatable bonds is 11. The molecule has 1 rings (SSSR count). The van der Waals surface area contributed by atoms with Gasteiger partial charge in [0.1, 0.15) is 12.4 Å². The standard InChI is InChI=1S/C17H32N2O/c1-3-4-5-6-7-8-9-10-11-12-13-17-18-14-15-19(17)16(2)20/h4-5,14,16-17,20H,3,6-13,15H2,1-2H3/b5-4+. The lowest BCUT2D eigenvalue weighted by Gasteiger charge is -2.25. The van der Waals surface area contributed by atoms with Crippen molar-refractivity contribution in [1.82, 2.24) is 4.90 Å². The number of hydrogen-bond donors (Lipinski definition) is 1. The SMILES string of the molecule is CC/C=C/CCCCCCCCC1N=CCN1C(C)O. The lowest BCUT2D eigenvalue weighted by Crippen LogP contribution is -2.37. The first-order valence-electron chi connectivity index (χ1n) is 8.36. The Bertz CT molecular complexity index is 287. The largest absolute Gasteiger partial charge is 0.379 e. The first-order chi connectivity index (χ1) is 9.75. The molecule has 0 aliphatic carbocycles. The van der Waals surface area contributed by atoms with Gasteiger partial charge < -0.3 is 5.11 Å². The van der Waals surface area contributed by atoms with Crippen molar-refractivity contribution < 1.29 is 5.11 Å². The minimum atomic E-state index is -0.376. The molecule has 0 saturated heterocycles. The zero-order valence-corrected chi connectivity index (χ0v) is 13.3. The third kappa shape index (κ3) is 7.20. The van der Waals surface area contributed by atoms with Crippen molar-refractivity contribution in [2.75, 3.05) is 6.54 Å². The molecule has 3 nitrogen and oxygen atoms in total. The van der Waals surface area contributed by atoms with Gasteiger partial charge in [-0.05, 0) is 39.0 Å². The van der Waals surface area contributed by atoms with E-state index in [0.29, 0.717) is 0 Å². The summed E-state index contributed by atoms with van der Waals surface area (Å²) in [5.74, 6) is 0. The van der Waals surface area contributed by atoms with Crippen molar-refractivity contribution in [3.8, 4) is 0 Å². The summed E-state index contributed by atoms with van der Waals surface area (Å²) in [6, 6.07) is 0. The summed E-state index contributed by atoms with van der Waals surface area (Å²) in [5.41, 5.74) is 0. The van der Waals surface area contributed by atoms with E-state index in [1.165, 1.54) is 44.9 Å². The first kappa shape index (κ1) is 17.4. The van der Waals surface area contributed by atoms with Crippen molar-refractivity contribution in [3.63, 3.8) is 0 Å². The normalized spacial score (nSPS) is 21.1. The summed E-state index contributed by atoms with van der Waals surface area (Å²) < 4.78 is 0. The first-order valence-corrected chi connectivity index (χ1v) is 8.36. The number of aliphatic hydroxyl groups excluding tert-OH is 1. The van der Waals surface area contributed by atoms with Gasteiger partial charge in [-0.2, -0.15) is 0 Å². The highest BCUT2D eigenvalue weighted by Crippen LogP contribution is 2.17. The maximum Gasteiger partial charge on any atom is 0.106 e. The third-order valence-corrected chi connectivity index (χ3v) is 3.92. The van der Waals surface area contributed by atoms with Crippen LogP contribution in [-0.2, 0) is 0 Å². The topological polar surface area (TPSA) is 35.8 Å². The van der Waals surface area contributed by atoms with Gasteiger partial charge >= 0.3 is 0 Å². The second-order valence-corrected chi connectivity index (χ2v) is 5.72. The molecule has 0 radical (unpaired) electrons. The van der Waals surface area contributed by atoms with Crippen LogP contribution in [0.2, 0.25) is 0 Å². The van der Waals surface area contributed by atoms with Gasteiger partial charge in [-0.3, -0.25) is 9.89 Å². The fraction of sp³-hybridized carbons (Fsp3) is 0.824. The number of aliphatic imine (C=N–C) groups is 1. The third-order valence-electron chi connectivity index (χ3n) is 3.92. The zero-order valence-electron chi connectivity index (χ0n) is 13.3. The number of allylic oxidation sites excluding steroid dienone is 2. The molecule has 3 heteroatoms. The van der Waals surface area contributed by atoms with Crippen LogP contribution in [-0.4, -0.2) is 35.2 Å². The highest BCUT2D eigenvalue weighted by Gasteiger charge is 2.23. The molecule has 2 atom stereocenters. The molecule has 0 fully saturated rings. The van der Waals surface area contributed by atoms with Crippen LogP contribution in [0.25, 0.3) is 0 Å². The Hall–Kier alpha value is -0.670. The van der Waals surface area contributed by atoms with Crippen molar-refractivity contribution in [3.05, 3.63) is 12.2 Å². The van der Waals surface area contributed by atoms with Gasteiger partial charge in [0, 0.05) is 12.8 Å². The summed E-state index contributed by atoms with van der Waals surface area (Å²) >= 11 is 0. The van der Waals surface area contributed by atoms with Crippen molar-refractivity contribution in [2.45, 2.75) is 84.0 Å². The van der Waals surface area contributed by atoms with E-state index in [-0.39, 0.29) is 12.4 Å². The molecule has 2 unspecified atom stereocenters. The molecule has 1 aliphatic heterocycles. The van der Waals surface area contributed by atoms with Crippen LogP contribution in [0.1, 0.15) is 71.6 Å². The second kappa shape index (κ2) is 11.0. The van der Waals surface area contributed by atoms with Crippen LogP contribution in [0.4, 0.5) is 0 Å². The van der Waals surface area contributed by atoms with Gasteiger partial charge in [-0.25, -0.2) is 0 Å². The minimum Gasteiger partial charge on any atom is -0.379 e. The Morgan fingerprint density at radius 2 is 1.90 bits per heavy atom. The summed E-state index contributed by atoms with van der Waals surface area (Å²) in [6.45, 7) is 4.81. The van der Waals surface area contributed by atoms with Crippen LogP contribution >= 0.6 is 0 Å². The summed E-state index contributed by atoms with van der Waals surface area (Å²) in [5, 5.41) is 9.62. The van der Waals surface area contributed by atoms with E-state index in [1.807, 2.05) is 13.1 Å². The van der Waals surface area contributed by atoms with E-state index in [9.17, 15) is 5.11 Å². The monoisotopic (exact) mass is 280 g/mol. The van der Waals surface area contributed by atoms with Crippen molar-refractivity contribution in [1.29, 1.82) is 0 Å². The van der Waals surface area contributed by atoms with Crippen LogP contribution in [0.5, 0.6) is 0 Å². The zero-order chi connectivity index (χ0) is 14.6. The number of unbranched alkanes of at least 4 members (excludes halogenated alkanes) is 6. The van der Waals surface area contributed by atoms with Gasteiger partial charge in [0.2, 0.25) is 0 Å². The maximum atomic E-state index is 9.62. The highest BCUT2D eigenvalue weighted by atomic mass is 16.3. The predicted octanol–water partition coefficient (Wildman–Crippen LogP) is 4.12. The molecular formula is C17H32N2O. The van der Waals surface area contributed by atoms with E-state index >= 15 is 0 Å². The molecule has 0 aromatic heterocycles. The Morgan fingerprint density at radius 1 is 1.20 bits per heavy atom. The predicted molar refractivity (Wildman–Crippen MR) is 87.0 cm³/mol. The van der Waals surface area contributed by atoms with Crippen LogP contribution in [0.3, 0.4) is 0 Å². The molecule has 1 heterocycles.